The maximum Gasteiger partial charge on any atom is 0.160 e. The van der Waals surface area contributed by atoms with Crippen molar-refractivity contribution < 1.29 is 8.42 Å². The second-order valence-corrected chi connectivity index (χ2v) is 6.57. The zero-order valence-electron chi connectivity index (χ0n) is 9.42. The van der Waals surface area contributed by atoms with Gasteiger partial charge in [0, 0.05) is 25.8 Å². The quantitative estimate of drug-likeness (QED) is 0.820. The maximum atomic E-state index is 11.6. The molecule has 0 radical (unpaired) electrons. The third-order valence-electron chi connectivity index (χ3n) is 2.94. The lowest BCUT2D eigenvalue weighted by atomic mass is 10.1. The third kappa shape index (κ3) is 1.81. The molecule has 0 aliphatic carbocycles. The van der Waals surface area contributed by atoms with E-state index in [0.717, 1.165) is 11.3 Å². The summed E-state index contributed by atoms with van der Waals surface area (Å²) in [5.41, 5.74) is 7.58. The van der Waals surface area contributed by atoms with E-state index < -0.39 is 15.1 Å². The van der Waals surface area contributed by atoms with E-state index in [1.54, 1.807) is 0 Å². The number of anilines is 1. The van der Waals surface area contributed by atoms with Crippen molar-refractivity contribution in [3.05, 3.63) is 29.8 Å². The summed E-state index contributed by atoms with van der Waals surface area (Å²) in [6, 6.07) is 7.26. The molecule has 1 aromatic carbocycles. The van der Waals surface area contributed by atoms with Crippen molar-refractivity contribution in [3.63, 3.8) is 0 Å². The Bertz CT molecular complexity index is 479. The van der Waals surface area contributed by atoms with Gasteiger partial charge >= 0.3 is 0 Å². The van der Waals surface area contributed by atoms with Gasteiger partial charge in [0.1, 0.15) is 5.25 Å². The average molecular weight is 240 g/mol. The summed E-state index contributed by atoms with van der Waals surface area (Å²) >= 11 is 0. The van der Waals surface area contributed by atoms with Gasteiger partial charge < -0.3 is 10.6 Å². The maximum absolute atomic E-state index is 11.6. The van der Waals surface area contributed by atoms with Crippen LogP contribution in [-0.4, -0.2) is 34.3 Å². The first-order chi connectivity index (χ1) is 7.42. The number of nitrogens with zero attached hydrogens (tertiary/aromatic N) is 1. The smallest absolute Gasteiger partial charge is 0.160 e. The molecule has 2 unspecified atom stereocenters. The molecular formula is C11H16N2O2S. The molecule has 1 aliphatic rings. The number of benzene rings is 1. The van der Waals surface area contributed by atoms with Crippen LogP contribution in [-0.2, 0) is 9.84 Å². The Hall–Kier alpha value is -1.07. The molecule has 1 aliphatic heterocycles. The van der Waals surface area contributed by atoms with E-state index in [2.05, 4.69) is 0 Å². The zero-order chi connectivity index (χ0) is 11.9. The van der Waals surface area contributed by atoms with Crippen LogP contribution in [0.5, 0.6) is 0 Å². The van der Waals surface area contributed by atoms with E-state index in [0.29, 0.717) is 0 Å². The molecule has 0 bridgehead atoms. The SMILES string of the molecule is CN(C)c1ccc(C2C(N)CS2(=O)=O)cc1. The number of hydrogen-bond acceptors (Lipinski definition) is 4. The van der Waals surface area contributed by atoms with Crippen LogP contribution in [0.1, 0.15) is 10.8 Å². The van der Waals surface area contributed by atoms with E-state index in [-0.39, 0.29) is 11.8 Å². The first-order valence-electron chi connectivity index (χ1n) is 5.16. The van der Waals surface area contributed by atoms with Gasteiger partial charge in [0.25, 0.3) is 0 Å². The molecule has 88 valence electrons. The monoisotopic (exact) mass is 240 g/mol. The molecular weight excluding hydrogens is 224 g/mol. The summed E-state index contributed by atoms with van der Waals surface area (Å²) in [6.45, 7) is 0. The molecule has 0 spiro atoms. The second kappa shape index (κ2) is 3.75. The lowest BCUT2D eigenvalue weighted by Gasteiger charge is -2.33. The van der Waals surface area contributed by atoms with Gasteiger partial charge in [0.05, 0.1) is 5.75 Å². The van der Waals surface area contributed by atoms with Gasteiger partial charge in [-0.15, -0.1) is 0 Å². The van der Waals surface area contributed by atoms with Crippen LogP contribution >= 0.6 is 0 Å². The van der Waals surface area contributed by atoms with Crippen LogP contribution in [0.4, 0.5) is 5.69 Å². The number of hydrogen-bond donors (Lipinski definition) is 1. The van der Waals surface area contributed by atoms with Gasteiger partial charge in [-0.3, -0.25) is 0 Å². The highest BCUT2D eigenvalue weighted by molar-refractivity contribution is 7.93. The average Bonchev–Trinajstić information content (AvgIpc) is 2.16. The molecule has 1 fully saturated rings. The van der Waals surface area contributed by atoms with Gasteiger partial charge in [-0.05, 0) is 17.7 Å². The lowest BCUT2D eigenvalue weighted by Crippen LogP contribution is -2.50. The van der Waals surface area contributed by atoms with Crippen molar-refractivity contribution in [3.8, 4) is 0 Å². The Morgan fingerprint density at radius 3 is 2.19 bits per heavy atom. The van der Waals surface area contributed by atoms with Crippen molar-refractivity contribution in [1.29, 1.82) is 0 Å². The first kappa shape index (κ1) is 11.4. The van der Waals surface area contributed by atoms with E-state index >= 15 is 0 Å². The highest BCUT2D eigenvalue weighted by atomic mass is 32.2. The predicted octanol–water partition coefficient (Wildman–Crippen LogP) is 0.549. The van der Waals surface area contributed by atoms with Gasteiger partial charge in [-0.2, -0.15) is 0 Å². The van der Waals surface area contributed by atoms with E-state index in [1.165, 1.54) is 0 Å². The summed E-state index contributed by atoms with van der Waals surface area (Å²) < 4.78 is 23.1. The minimum atomic E-state index is -3.00. The van der Waals surface area contributed by atoms with Gasteiger partial charge in [0.15, 0.2) is 9.84 Å². The highest BCUT2D eigenvalue weighted by Gasteiger charge is 2.44. The Kier molecular flexibility index (Phi) is 2.67. The van der Waals surface area contributed by atoms with Crippen LogP contribution in [0, 0.1) is 0 Å². The summed E-state index contributed by atoms with van der Waals surface area (Å²) in [6.07, 6.45) is 0. The fourth-order valence-corrected chi connectivity index (χ4v) is 3.80. The summed E-state index contributed by atoms with van der Waals surface area (Å²) in [5, 5.41) is -0.510. The molecule has 0 saturated carbocycles. The van der Waals surface area contributed by atoms with E-state index in [4.69, 9.17) is 5.73 Å². The number of sulfone groups is 1. The Balaban J connectivity index is 2.29. The van der Waals surface area contributed by atoms with Crippen molar-refractivity contribution in [1.82, 2.24) is 0 Å². The molecule has 1 aromatic rings. The number of nitrogens with two attached hydrogens (primary N) is 1. The normalized spacial score (nSPS) is 27.2. The molecule has 4 nitrogen and oxygen atoms in total. The van der Waals surface area contributed by atoms with Crippen LogP contribution in [0.2, 0.25) is 0 Å². The van der Waals surface area contributed by atoms with Gasteiger partial charge in [0.2, 0.25) is 0 Å². The van der Waals surface area contributed by atoms with Crippen molar-refractivity contribution in [2.24, 2.45) is 5.73 Å². The minimum Gasteiger partial charge on any atom is -0.378 e. The van der Waals surface area contributed by atoms with Crippen molar-refractivity contribution >= 4 is 15.5 Å². The first-order valence-corrected chi connectivity index (χ1v) is 6.88. The highest BCUT2D eigenvalue weighted by Crippen LogP contribution is 2.35. The zero-order valence-corrected chi connectivity index (χ0v) is 10.2. The molecule has 2 rings (SSSR count). The molecule has 16 heavy (non-hydrogen) atoms. The lowest BCUT2D eigenvalue weighted by molar-refractivity contribution is 0.523. The summed E-state index contributed by atoms with van der Waals surface area (Å²) in [4.78, 5) is 1.97. The second-order valence-electron chi connectivity index (χ2n) is 4.40. The van der Waals surface area contributed by atoms with Gasteiger partial charge in [-0.1, -0.05) is 12.1 Å². The Morgan fingerprint density at radius 1 is 1.25 bits per heavy atom. The van der Waals surface area contributed by atoms with Crippen molar-refractivity contribution in [2.75, 3.05) is 24.7 Å². The van der Waals surface area contributed by atoms with Crippen molar-refractivity contribution in [2.45, 2.75) is 11.3 Å². The van der Waals surface area contributed by atoms with Crippen LogP contribution in [0.25, 0.3) is 0 Å². The molecule has 2 atom stereocenters. The topological polar surface area (TPSA) is 63.4 Å². The molecule has 1 heterocycles. The fourth-order valence-electron chi connectivity index (χ4n) is 2.02. The molecule has 1 saturated heterocycles. The van der Waals surface area contributed by atoms with E-state index in [1.807, 2.05) is 43.3 Å². The molecule has 0 amide bonds. The molecule has 0 aromatic heterocycles. The Labute approximate surface area is 96.0 Å². The molecule has 5 heteroatoms. The standard InChI is InChI=1S/C11H16N2O2S/c1-13(2)9-5-3-8(4-6-9)11-10(12)7-16(11,14)15/h3-6,10-11H,7,12H2,1-2H3. The van der Waals surface area contributed by atoms with Gasteiger partial charge in [-0.25, -0.2) is 8.42 Å². The van der Waals surface area contributed by atoms with Crippen LogP contribution in [0.15, 0.2) is 24.3 Å². The van der Waals surface area contributed by atoms with Crippen LogP contribution in [0.3, 0.4) is 0 Å². The minimum absolute atomic E-state index is 0.104. The summed E-state index contributed by atoms with van der Waals surface area (Å²) in [5.74, 6) is 0.104. The largest absolute Gasteiger partial charge is 0.378 e. The van der Waals surface area contributed by atoms with E-state index in [9.17, 15) is 8.42 Å². The van der Waals surface area contributed by atoms with Crippen LogP contribution < -0.4 is 10.6 Å². The Morgan fingerprint density at radius 2 is 1.81 bits per heavy atom. The predicted molar refractivity (Wildman–Crippen MR) is 65.3 cm³/mol. The molecule has 2 N–H and O–H groups in total. The number of rotatable bonds is 2. The third-order valence-corrected chi connectivity index (χ3v) is 5.18. The fraction of sp³-hybridized carbons (Fsp3) is 0.455. The summed E-state index contributed by atoms with van der Waals surface area (Å²) in [7, 11) is 0.894.